The van der Waals surface area contributed by atoms with Crippen molar-refractivity contribution in [3.8, 4) is 0 Å². The first kappa shape index (κ1) is 9.49. The van der Waals surface area contributed by atoms with E-state index >= 15 is 0 Å². The van der Waals surface area contributed by atoms with Gasteiger partial charge in [-0.3, -0.25) is 4.40 Å². The Morgan fingerprint density at radius 2 is 2.43 bits per heavy atom. The minimum atomic E-state index is 0.659. The molecule has 74 valence electrons. The van der Waals surface area contributed by atoms with Gasteiger partial charge in [0.2, 0.25) is 0 Å². The van der Waals surface area contributed by atoms with Gasteiger partial charge in [0.15, 0.2) is 0 Å². The van der Waals surface area contributed by atoms with Gasteiger partial charge < -0.3 is 5.32 Å². The van der Waals surface area contributed by atoms with Crippen LogP contribution in [0, 0.1) is 0 Å². The van der Waals surface area contributed by atoms with E-state index in [0.717, 1.165) is 18.6 Å². The molecular weight excluding hydrogens is 198 g/mol. The van der Waals surface area contributed by atoms with E-state index in [1.807, 2.05) is 23.7 Å². The highest BCUT2D eigenvalue weighted by Gasteiger charge is 2.04. The number of rotatable bonds is 3. The van der Waals surface area contributed by atoms with Crippen LogP contribution in [0.3, 0.4) is 0 Å². The minimum absolute atomic E-state index is 0.659. The van der Waals surface area contributed by atoms with Crippen molar-refractivity contribution in [1.82, 2.24) is 14.7 Å². The van der Waals surface area contributed by atoms with Crippen molar-refractivity contribution in [2.24, 2.45) is 0 Å². The van der Waals surface area contributed by atoms with E-state index in [2.05, 4.69) is 16.4 Å². The number of fused-ring (bicyclic) bond motifs is 1. The third kappa shape index (κ3) is 1.61. The lowest BCUT2D eigenvalue weighted by Gasteiger charge is -2.02. The molecular formula is C10H12ClN3. The van der Waals surface area contributed by atoms with E-state index in [-0.39, 0.29) is 0 Å². The van der Waals surface area contributed by atoms with E-state index in [9.17, 15) is 0 Å². The second-order valence-corrected chi connectivity index (χ2v) is 3.55. The van der Waals surface area contributed by atoms with Gasteiger partial charge in [-0.25, -0.2) is 4.98 Å². The average molecular weight is 210 g/mol. The summed E-state index contributed by atoms with van der Waals surface area (Å²) in [5.41, 5.74) is 2.17. The zero-order valence-electron chi connectivity index (χ0n) is 8.00. The van der Waals surface area contributed by atoms with Crippen molar-refractivity contribution >= 4 is 17.2 Å². The van der Waals surface area contributed by atoms with Gasteiger partial charge in [0, 0.05) is 6.20 Å². The van der Waals surface area contributed by atoms with E-state index in [0.29, 0.717) is 5.15 Å². The molecule has 0 saturated heterocycles. The van der Waals surface area contributed by atoms with Crippen LogP contribution in [0.15, 0.2) is 24.5 Å². The summed E-state index contributed by atoms with van der Waals surface area (Å²) in [5, 5.41) is 3.78. The second-order valence-electron chi connectivity index (χ2n) is 3.16. The Morgan fingerprint density at radius 3 is 3.21 bits per heavy atom. The molecule has 2 rings (SSSR count). The van der Waals surface area contributed by atoms with Gasteiger partial charge >= 0.3 is 0 Å². The van der Waals surface area contributed by atoms with Gasteiger partial charge in [-0.05, 0) is 31.6 Å². The van der Waals surface area contributed by atoms with Crippen molar-refractivity contribution in [3.05, 3.63) is 35.2 Å². The Balaban J connectivity index is 2.44. The van der Waals surface area contributed by atoms with Crippen molar-refractivity contribution < 1.29 is 0 Å². The molecule has 0 aliphatic rings. The third-order valence-electron chi connectivity index (χ3n) is 2.22. The molecule has 4 heteroatoms. The van der Waals surface area contributed by atoms with E-state index in [1.165, 1.54) is 5.56 Å². The maximum atomic E-state index is 5.96. The molecule has 0 aliphatic heterocycles. The number of likely N-dealkylation sites (N-methyl/N-ethyl adjacent to an activating group) is 1. The van der Waals surface area contributed by atoms with Gasteiger partial charge in [0.1, 0.15) is 10.8 Å². The second kappa shape index (κ2) is 3.98. The molecule has 0 radical (unpaired) electrons. The molecule has 3 nitrogen and oxygen atoms in total. The molecule has 0 amide bonds. The van der Waals surface area contributed by atoms with Gasteiger partial charge in [-0.2, -0.15) is 0 Å². The normalized spacial score (nSPS) is 11.0. The molecule has 1 N–H and O–H groups in total. The Kier molecular flexibility index (Phi) is 2.70. The number of hydrogen-bond acceptors (Lipinski definition) is 2. The largest absolute Gasteiger partial charge is 0.319 e. The fourth-order valence-corrected chi connectivity index (χ4v) is 1.68. The molecule has 2 aromatic rings. The number of aromatic nitrogens is 2. The molecule has 14 heavy (non-hydrogen) atoms. The zero-order valence-corrected chi connectivity index (χ0v) is 8.75. The number of hydrogen-bond donors (Lipinski definition) is 1. The summed E-state index contributed by atoms with van der Waals surface area (Å²) in [5.74, 6) is 0. The Labute approximate surface area is 87.7 Å². The molecule has 0 aliphatic carbocycles. The summed E-state index contributed by atoms with van der Waals surface area (Å²) in [6, 6.07) is 4.07. The molecule has 0 atom stereocenters. The highest BCUT2D eigenvalue weighted by molar-refractivity contribution is 6.29. The quantitative estimate of drug-likeness (QED) is 0.835. The fraction of sp³-hybridized carbons (Fsp3) is 0.300. The Hall–Kier alpha value is -1.06. The first-order valence-electron chi connectivity index (χ1n) is 4.58. The van der Waals surface area contributed by atoms with E-state index in [4.69, 9.17) is 11.6 Å². The lowest BCUT2D eigenvalue weighted by molar-refractivity contribution is 0.791. The van der Waals surface area contributed by atoms with Crippen molar-refractivity contribution in [1.29, 1.82) is 0 Å². The van der Waals surface area contributed by atoms with Crippen molar-refractivity contribution in [2.45, 2.75) is 6.42 Å². The maximum absolute atomic E-state index is 5.96. The van der Waals surface area contributed by atoms with E-state index < -0.39 is 0 Å². The van der Waals surface area contributed by atoms with Crippen molar-refractivity contribution in [2.75, 3.05) is 13.6 Å². The minimum Gasteiger partial charge on any atom is -0.319 e. The molecule has 2 heterocycles. The van der Waals surface area contributed by atoms with Crippen LogP contribution in [-0.4, -0.2) is 23.0 Å². The molecule has 2 aromatic heterocycles. The smallest absolute Gasteiger partial charge is 0.141 e. The Bertz CT molecular complexity index is 436. The van der Waals surface area contributed by atoms with Gasteiger partial charge in [-0.15, -0.1) is 0 Å². The summed E-state index contributed by atoms with van der Waals surface area (Å²) in [6.07, 6.45) is 4.57. The van der Waals surface area contributed by atoms with Gasteiger partial charge in [-0.1, -0.05) is 17.7 Å². The van der Waals surface area contributed by atoms with Crippen LogP contribution in [-0.2, 0) is 6.42 Å². The van der Waals surface area contributed by atoms with Gasteiger partial charge in [0.25, 0.3) is 0 Å². The summed E-state index contributed by atoms with van der Waals surface area (Å²) in [6.45, 7) is 0.949. The van der Waals surface area contributed by atoms with Crippen LogP contribution in [0.1, 0.15) is 5.56 Å². The van der Waals surface area contributed by atoms with Crippen molar-refractivity contribution in [3.63, 3.8) is 0 Å². The predicted molar refractivity (Wildman–Crippen MR) is 57.8 cm³/mol. The van der Waals surface area contributed by atoms with Crippen LogP contribution < -0.4 is 5.32 Å². The average Bonchev–Trinajstić information content (AvgIpc) is 2.58. The van der Waals surface area contributed by atoms with Gasteiger partial charge in [0.05, 0.1) is 6.20 Å². The summed E-state index contributed by atoms with van der Waals surface area (Å²) >= 11 is 5.96. The highest BCUT2D eigenvalue weighted by Crippen LogP contribution is 2.15. The first-order valence-corrected chi connectivity index (χ1v) is 4.96. The molecule has 0 bridgehead atoms. The maximum Gasteiger partial charge on any atom is 0.141 e. The lowest BCUT2D eigenvalue weighted by Crippen LogP contribution is -2.10. The number of nitrogens with one attached hydrogen (secondary N) is 1. The molecule has 0 aromatic carbocycles. The summed E-state index contributed by atoms with van der Waals surface area (Å²) in [7, 11) is 1.94. The topological polar surface area (TPSA) is 29.3 Å². The van der Waals surface area contributed by atoms with Crippen LogP contribution in [0.25, 0.3) is 5.65 Å². The third-order valence-corrected chi connectivity index (χ3v) is 2.50. The van der Waals surface area contributed by atoms with Crippen LogP contribution >= 0.6 is 11.6 Å². The molecule has 0 spiro atoms. The number of imidazole rings is 1. The SMILES string of the molecule is CNCCc1cccn2c(Cl)cnc12. The zero-order chi connectivity index (χ0) is 9.97. The molecule has 0 saturated carbocycles. The number of nitrogens with zero attached hydrogens (tertiary/aromatic N) is 2. The van der Waals surface area contributed by atoms with Crippen LogP contribution in [0.2, 0.25) is 5.15 Å². The van der Waals surface area contributed by atoms with Crippen LogP contribution in [0.4, 0.5) is 0 Å². The standard InChI is InChI=1S/C10H12ClN3/c1-12-5-4-8-3-2-6-14-9(11)7-13-10(8)14/h2-3,6-7,12H,4-5H2,1H3. The van der Waals surface area contributed by atoms with E-state index in [1.54, 1.807) is 6.20 Å². The first-order chi connectivity index (χ1) is 6.83. The molecule has 0 unspecified atom stereocenters. The number of halogens is 1. The number of pyridine rings is 1. The fourth-order valence-electron chi connectivity index (χ4n) is 1.49. The predicted octanol–water partition coefficient (Wildman–Crippen LogP) is 1.75. The summed E-state index contributed by atoms with van der Waals surface area (Å²) < 4.78 is 1.90. The lowest BCUT2D eigenvalue weighted by atomic mass is 10.2. The summed E-state index contributed by atoms with van der Waals surface area (Å²) in [4.78, 5) is 4.27. The Morgan fingerprint density at radius 1 is 1.57 bits per heavy atom. The molecule has 0 fully saturated rings. The monoisotopic (exact) mass is 209 g/mol. The highest BCUT2D eigenvalue weighted by atomic mass is 35.5. The van der Waals surface area contributed by atoms with Crippen LogP contribution in [0.5, 0.6) is 0 Å².